The highest BCUT2D eigenvalue weighted by molar-refractivity contribution is 7.98. The van der Waals surface area contributed by atoms with E-state index in [2.05, 4.69) is 24.0 Å². The molecule has 2 rings (SSSR count). The minimum absolute atomic E-state index is 0.00347. The van der Waals surface area contributed by atoms with Gasteiger partial charge in [0.1, 0.15) is 0 Å². The van der Waals surface area contributed by atoms with E-state index in [-0.39, 0.29) is 12.0 Å². The van der Waals surface area contributed by atoms with Gasteiger partial charge in [0.15, 0.2) is 5.82 Å². The largest absolute Gasteiger partial charge is 0.339 e. The summed E-state index contributed by atoms with van der Waals surface area (Å²) in [6, 6.07) is 9.88. The first-order valence-electron chi connectivity index (χ1n) is 7.28. The van der Waals surface area contributed by atoms with Crippen molar-refractivity contribution in [2.24, 2.45) is 11.7 Å². The molecule has 1 aromatic carbocycles. The molecule has 1 aromatic heterocycles. The third kappa shape index (κ3) is 4.58. The van der Waals surface area contributed by atoms with Gasteiger partial charge >= 0.3 is 0 Å². The molecule has 4 nitrogen and oxygen atoms in total. The van der Waals surface area contributed by atoms with Gasteiger partial charge in [-0.1, -0.05) is 56.3 Å². The first-order valence-corrected chi connectivity index (χ1v) is 8.44. The van der Waals surface area contributed by atoms with E-state index in [1.807, 2.05) is 49.0 Å². The Morgan fingerprint density at radius 1 is 1.19 bits per heavy atom. The van der Waals surface area contributed by atoms with E-state index in [9.17, 15) is 0 Å². The molecular formula is C16H23N3OS. The van der Waals surface area contributed by atoms with E-state index < -0.39 is 0 Å². The second-order valence-corrected chi connectivity index (χ2v) is 6.71. The molecule has 0 aliphatic rings. The maximum Gasteiger partial charge on any atom is 0.231 e. The van der Waals surface area contributed by atoms with Gasteiger partial charge in [-0.05, 0) is 17.2 Å². The van der Waals surface area contributed by atoms with Crippen molar-refractivity contribution in [1.29, 1.82) is 0 Å². The van der Waals surface area contributed by atoms with Crippen LogP contribution in [-0.2, 0) is 5.75 Å². The Hall–Kier alpha value is -1.33. The van der Waals surface area contributed by atoms with E-state index in [1.165, 1.54) is 0 Å². The minimum Gasteiger partial charge on any atom is -0.339 e. The van der Waals surface area contributed by atoms with Gasteiger partial charge in [-0.3, -0.25) is 0 Å². The number of hydrogen-bond acceptors (Lipinski definition) is 5. The average molecular weight is 305 g/mol. The minimum atomic E-state index is -0.136. The molecule has 2 N–H and O–H groups in total. The van der Waals surface area contributed by atoms with Crippen LogP contribution < -0.4 is 5.73 Å². The second kappa shape index (κ2) is 7.61. The maximum absolute atomic E-state index is 6.29. The average Bonchev–Trinajstić information content (AvgIpc) is 2.95. The van der Waals surface area contributed by atoms with E-state index in [1.54, 1.807) is 0 Å². The zero-order valence-electron chi connectivity index (χ0n) is 12.8. The number of benzene rings is 1. The molecule has 0 radical (unpaired) electrons. The number of rotatable bonds is 7. The smallest absolute Gasteiger partial charge is 0.231 e. The normalized spacial score (nSPS) is 14.3. The summed E-state index contributed by atoms with van der Waals surface area (Å²) in [5.41, 5.74) is 7.37. The predicted octanol–water partition coefficient (Wildman–Crippen LogP) is 3.76. The van der Waals surface area contributed by atoms with Crippen LogP contribution in [0.25, 0.3) is 0 Å². The van der Waals surface area contributed by atoms with Crippen LogP contribution in [0.1, 0.15) is 50.0 Å². The maximum atomic E-state index is 6.29. The van der Waals surface area contributed by atoms with Crippen LogP contribution in [0.2, 0.25) is 0 Å². The number of thioether (sulfide) groups is 1. The summed E-state index contributed by atoms with van der Waals surface area (Å²) < 4.78 is 5.37. The van der Waals surface area contributed by atoms with Gasteiger partial charge in [0.05, 0.1) is 11.7 Å². The molecule has 0 amide bonds. The Morgan fingerprint density at radius 2 is 1.90 bits per heavy atom. The molecule has 0 bridgehead atoms. The number of aromatic nitrogens is 2. The fraction of sp³-hybridized carbons (Fsp3) is 0.500. The van der Waals surface area contributed by atoms with Crippen LogP contribution in [0.4, 0.5) is 0 Å². The summed E-state index contributed by atoms with van der Waals surface area (Å²) in [6.07, 6.45) is 0. The standard InChI is InChI=1S/C16H23N3OS/c1-11(2)9-21-10-14-18-16(20-19-14)12(3)15(17)13-7-5-4-6-8-13/h4-8,11-12,15H,9-10,17H2,1-3H3. The van der Waals surface area contributed by atoms with E-state index in [0.717, 1.165) is 22.9 Å². The molecule has 0 aliphatic carbocycles. The zero-order chi connectivity index (χ0) is 15.2. The summed E-state index contributed by atoms with van der Waals surface area (Å²) in [5.74, 6) is 3.93. The number of nitrogens with zero attached hydrogens (tertiary/aromatic N) is 2. The summed E-state index contributed by atoms with van der Waals surface area (Å²) in [5, 5.41) is 4.05. The van der Waals surface area contributed by atoms with E-state index in [0.29, 0.717) is 11.8 Å². The third-order valence-electron chi connectivity index (χ3n) is 3.28. The predicted molar refractivity (Wildman–Crippen MR) is 87.1 cm³/mol. The van der Waals surface area contributed by atoms with Crippen molar-refractivity contribution in [3.05, 3.63) is 47.6 Å². The quantitative estimate of drug-likeness (QED) is 0.843. The van der Waals surface area contributed by atoms with E-state index >= 15 is 0 Å². The molecule has 0 saturated carbocycles. The number of nitrogens with two attached hydrogens (primary N) is 1. The van der Waals surface area contributed by atoms with Crippen LogP contribution in [0.3, 0.4) is 0 Å². The van der Waals surface area contributed by atoms with Crippen molar-refractivity contribution >= 4 is 11.8 Å². The third-order valence-corrected chi connectivity index (χ3v) is 4.64. The highest BCUT2D eigenvalue weighted by Gasteiger charge is 2.22. The van der Waals surface area contributed by atoms with Gasteiger partial charge in [-0.15, -0.1) is 0 Å². The lowest BCUT2D eigenvalue weighted by molar-refractivity contribution is 0.341. The monoisotopic (exact) mass is 305 g/mol. The molecule has 114 valence electrons. The fourth-order valence-corrected chi connectivity index (χ4v) is 2.90. The molecule has 0 saturated heterocycles. The van der Waals surface area contributed by atoms with Crippen LogP contribution in [0.15, 0.2) is 34.9 Å². The second-order valence-electron chi connectivity index (χ2n) is 5.68. The van der Waals surface area contributed by atoms with Crippen molar-refractivity contribution in [3.63, 3.8) is 0 Å². The van der Waals surface area contributed by atoms with Gasteiger partial charge in [0.25, 0.3) is 0 Å². The molecule has 2 unspecified atom stereocenters. The topological polar surface area (TPSA) is 64.9 Å². The Bertz CT molecular complexity index is 541. The first-order chi connectivity index (χ1) is 10.1. The van der Waals surface area contributed by atoms with Crippen LogP contribution in [0.5, 0.6) is 0 Å². The lowest BCUT2D eigenvalue weighted by atomic mass is 9.95. The summed E-state index contributed by atoms with van der Waals surface area (Å²) >= 11 is 1.83. The van der Waals surface area contributed by atoms with Gasteiger partial charge in [-0.2, -0.15) is 16.7 Å². The van der Waals surface area contributed by atoms with Crippen LogP contribution >= 0.6 is 11.8 Å². The SMILES string of the molecule is CC(C)CSCc1noc(C(C)C(N)c2ccccc2)n1. The van der Waals surface area contributed by atoms with Gasteiger partial charge in [0.2, 0.25) is 5.89 Å². The highest BCUT2D eigenvalue weighted by Crippen LogP contribution is 2.27. The highest BCUT2D eigenvalue weighted by atomic mass is 32.2. The van der Waals surface area contributed by atoms with Crippen molar-refractivity contribution in [1.82, 2.24) is 10.1 Å². The van der Waals surface area contributed by atoms with Crippen molar-refractivity contribution in [2.75, 3.05) is 5.75 Å². The molecule has 0 fully saturated rings. The van der Waals surface area contributed by atoms with Gasteiger partial charge < -0.3 is 10.3 Å². The van der Waals surface area contributed by atoms with Crippen molar-refractivity contribution in [2.45, 2.75) is 38.5 Å². The molecule has 5 heteroatoms. The van der Waals surface area contributed by atoms with Crippen LogP contribution in [0, 0.1) is 5.92 Å². The Kier molecular flexibility index (Phi) is 5.82. The van der Waals surface area contributed by atoms with Crippen molar-refractivity contribution < 1.29 is 4.52 Å². The molecule has 2 aromatic rings. The Balaban J connectivity index is 1.97. The lowest BCUT2D eigenvalue weighted by Gasteiger charge is -2.16. The van der Waals surface area contributed by atoms with Crippen molar-refractivity contribution in [3.8, 4) is 0 Å². The van der Waals surface area contributed by atoms with Crippen LogP contribution in [-0.4, -0.2) is 15.9 Å². The molecule has 1 heterocycles. The Morgan fingerprint density at radius 3 is 2.57 bits per heavy atom. The molecule has 0 aliphatic heterocycles. The summed E-state index contributed by atoms with van der Waals surface area (Å²) in [6.45, 7) is 6.43. The zero-order valence-corrected chi connectivity index (χ0v) is 13.6. The first kappa shape index (κ1) is 16.0. The van der Waals surface area contributed by atoms with Gasteiger partial charge in [0, 0.05) is 6.04 Å². The molecule has 2 atom stereocenters. The fourth-order valence-electron chi connectivity index (χ4n) is 2.01. The van der Waals surface area contributed by atoms with E-state index in [4.69, 9.17) is 10.3 Å². The summed E-state index contributed by atoms with van der Waals surface area (Å²) in [7, 11) is 0. The number of hydrogen-bond donors (Lipinski definition) is 1. The molecule has 21 heavy (non-hydrogen) atoms. The molecular weight excluding hydrogens is 282 g/mol. The van der Waals surface area contributed by atoms with Gasteiger partial charge in [-0.25, -0.2) is 0 Å². The molecule has 0 spiro atoms. The Labute approximate surface area is 130 Å². The summed E-state index contributed by atoms with van der Waals surface area (Å²) in [4.78, 5) is 4.47. The lowest BCUT2D eigenvalue weighted by Crippen LogP contribution is -2.17.